The van der Waals surface area contributed by atoms with Crippen molar-refractivity contribution in [2.75, 3.05) is 5.32 Å². The van der Waals surface area contributed by atoms with E-state index in [0.29, 0.717) is 5.11 Å². The highest BCUT2D eigenvalue weighted by Gasteiger charge is 2.23. The third kappa shape index (κ3) is 5.07. The Hall–Kier alpha value is -1.87. The van der Waals surface area contributed by atoms with E-state index in [1.165, 1.54) is 16.7 Å². The van der Waals surface area contributed by atoms with Crippen LogP contribution in [0.5, 0.6) is 0 Å². The van der Waals surface area contributed by atoms with Crippen molar-refractivity contribution in [3.05, 3.63) is 65.2 Å². The first-order chi connectivity index (χ1) is 11.3. The van der Waals surface area contributed by atoms with Crippen molar-refractivity contribution in [3.63, 3.8) is 0 Å². The van der Waals surface area contributed by atoms with Crippen LogP contribution in [0.15, 0.2) is 48.5 Å². The van der Waals surface area contributed by atoms with Gasteiger partial charge in [-0.15, -0.1) is 0 Å². The molecule has 0 aromatic heterocycles. The van der Waals surface area contributed by atoms with Gasteiger partial charge in [-0.05, 0) is 73.6 Å². The Morgan fingerprint density at radius 2 is 1.71 bits per heavy atom. The Labute approximate surface area is 151 Å². The Morgan fingerprint density at radius 1 is 1.04 bits per heavy atom. The summed E-state index contributed by atoms with van der Waals surface area (Å²) in [6.07, 6.45) is 1.01. The van der Waals surface area contributed by atoms with Crippen molar-refractivity contribution in [2.24, 2.45) is 0 Å². The SMILES string of the molecule is Cc1ccc(NC(=S)N[C@@H](C)CC(C)(C)c2ccccc2)cc1C. The number of nitrogens with one attached hydrogen (secondary N) is 2. The monoisotopic (exact) mass is 340 g/mol. The number of thiocarbonyl (C=S) groups is 1. The van der Waals surface area contributed by atoms with Gasteiger partial charge in [0.05, 0.1) is 0 Å². The molecule has 1 atom stereocenters. The third-order valence-electron chi connectivity index (χ3n) is 4.51. The van der Waals surface area contributed by atoms with Gasteiger partial charge in [-0.2, -0.15) is 0 Å². The molecule has 0 bridgehead atoms. The lowest BCUT2D eigenvalue weighted by Crippen LogP contribution is -2.39. The first kappa shape index (κ1) is 18.5. The number of anilines is 1. The molecule has 2 aromatic rings. The molecule has 0 unspecified atom stereocenters. The molecule has 0 spiro atoms. The zero-order valence-corrected chi connectivity index (χ0v) is 16.1. The van der Waals surface area contributed by atoms with Gasteiger partial charge in [0.25, 0.3) is 0 Å². The summed E-state index contributed by atoms with van der Waals surface area (Å²) in [6.45, 7) is 11.0. The van der Waals surface area contributed by atoms with Crippen LogP contribution < -0.4 is 10.6 Å². The third-order valence-corrected chi connectivity index (χ3v) is 4.73. The molecule has 2 N–H and O–H groups in total. The van der Waals surface area contributed by atoms with Gasteiger partial charge in [-0.1, -0.05) is 50.2 Å². The normalized spacial score (nSPS) is 12.5. The molecule has 0 saturated heterocycles. The van der Waals surface area contributed by atoms with Crippen molar-refractivity contribution in [2.45, 2.75) is 52.5 Å². The topological polar surface area (TPSA) is 24.1 Å². The van der Waals surface area contributed by atoms with Crippen molar-refractivity contribution >= 4 is 23.0 Å². The molecule has 0 heterocycles. The van der Waals surface area contributed by atoms with E-state index in [1.807, 2.05) is 0 Å². The molecular weight excluding hydrogens is 312 g/mol. The lowest BCUT2D eigenvalue weighted by molar-refractivity contribution is 0.420. The second-order valence-corrected chi connectivity index (χ2v) is 7.66. The van der Waals surface area contributed by atoms with Gasteiger partial charge in [0.15, 0.2) is 5.11 Å². The van der Waals surface area contributed by atoms with Gasteiger partial charge in [0.1, 0.15) is 0 Å². The number of rotatable bonds is 5. The highest BCUT2D eigenvalue weighted by Crippen LogP contribution is 2.28. The zero-order chi connectivity index (χ0) is 17.7. The van der Waals surface area contributed by atoms with Crippen LogP contribution in [0.1, 0.15) is 43.9 Å². The first-order valence-corrected chi connectivity index (χ1v) is 8.89. The van der Waals surface area contributed by atoms with E-state index < -0.39 is 0 Å². The number of aryl methyl sites for hydroxylation is 2. The smallest absolute Gasteiger partial charge is 0.170 e. The number of hydrogen-bond donors (Lipinski definition) is 2. The lowest BCUT2D eigenvalue weighted by atomic mass is 9.79. The molecule has 0 radical (unpaired) electrons. The summed E-state index contributed by atoms with van der Waals surface area (Å²) >= 11 is 5.47. The maximum Gasteiger partial charge on any atom is 0.170 e. The predicted octanol–water partition coefficient (Wildman–Crippen LogP) is 5.35. The molecule has 0 aliphatic carbocycles. The van der Waals surface area contributed by atoms with E-state index in [0.717, 1.165) is 12.1 Å². The average Bonchev–Trinajstić information content (AvgIpc) is 2.51. The van der Waals surface area contributed by atoms with Crippen molar-refractivity contribution in [1.29, 1.82) is 0 Å². The molecular formula is C21H28N2S. The lowest BCUT2D eigenvalue weighted by Gasteiger charge is -2.29. The van der Waals surface area contributed by atoms with Crippen LogP contribution >= 0.6 is 12.2 Å². The maximum atomic E-state index is 5.47. The molecule has 0 aliphatic heterocycles. The van der Waals surface area contributed by atoms with E-state index in [1.54, 1.807) is 0 Å². The highest BCUT2D eigenvalue weighted by molar-refractivity contribution is 7.80. The van der Waals surface area contributed by atoms with Crippen LogP contribution in [-0.2, 0) is 5.41 Å². The minimum Gasteiger partial charge on any atom is -0.360 e. The van der Waals surface area contributed by atoms with E-state index in [4.69, 9.17) is 12.2 Å². The Bertz CT molecular complexity index is 692. The molecule has 24 heavy (non-hydrogen) atoms. The zero-order valence-electron chi connectivity index (χ0n) is 15.3. The van der Waals surface area contributed by atoms with Crippen molar-refractivity contribution in [3.8, 4) is 0 Å². The van der Waals surface area contributed by atoms with Crippen molar-refractivity contribution in [1.82, 2.24) is 5.32 Å². The summed E-state index contributed by atoms with van der Waals surface area (Å²) in [6, 6.07) is 17.2. The van der Waals surface area contributed by atoms with Crippen LogP contribution in [0.2, 0.25) is 0 Å². The summed E-state index contributed by atoms with van der Waals surface area (Å²) in [5.41, 5.74) is 5.04. The summed E-state index contributed by atoms with van der Waals surface area (Å²) in [7, 11) is 0. The fourth-order valence-electron chi connectivity index (χ4n) is 3.03. The maximum absolute atomic E-state index is 5.47. The van der Waals surface area contributed by atoms with Gasteiger partial charge < -0.3 is 10.6 Å². The quantitative estimate of drug-likeness (QED) is 0.718. The predicted molar refractivity (Wildman–Crippen MR) is 109 cm³/mol. The molecule has 0 fully saturated rings. The fraction of sp³-hybridized carbons (Fsp3) is 0.381. The molecule has 128 valence electrons. The highest BCUT2D eigenvalue weighted by atomic mass is 32.1. The van der Waals surface area contributed by atoms with E-state index in [9.17, 15) is 0 Å². The largest absolute Gasteiger partial charge is 0.360 e. The minimum absolute atomic E-state index is 0.101. The molecule has 0 amide bonds. The minimum atomic E-state index is 0.101. The van der Waals surface area contributed by atoms with Crippen molar-refractivity contribution < 1.29 is 0 Å². The second kappa shape index (κ2) is 7.80. The van der Waals surface area contributed by atoms with E-state index in [-0.39, 0.29) is 11.5 Å². The average molecular weight is 341 g/mol. The van der Waals surface area contributed by atoms with E-state index in [2.05, 4.69) is 93.8 Å². The van der Waals surface area contributed by atoms with Crippen LogP contribution in [0.4, 0.5) is 5.69 Å². The first-order valence-electron chi connectivity index (χ1n) is 8.48. The van der Waals surface area contributed by atoms with Crippen LogP contribution in [-0.4, -0.2) is 11.2 Å². The van der Waals surface area contributed by atoms with Gasteiger partial charge in [0, 0.05) is 11.7 Å². The molecule has 2 aromatic carbocycles. The van der Waals surface area contributed by atoms with Crippen LogP contribution in [0.25, 0.3) is 0 Å². The van der Waals surface area contributed by atoms with Gasteiger partial charge in [0.2, 0.25) is 0 Å². The molecule has 3 heteroatoms. The summed E-state index contributed by atoms with van der Waals surface area (Å²) in [5, 5.41) is 7.37. The van der Waals surface area contributed by atoms with Crippen LogP contribution in [0.3, 0.4) is 0 Å². The van der Waals surface area contributed by atoms with Crippen LogP contribution in [0, 0.1) is 13.8 Å². The molecule has 2 nitrogen and oxygen atoms in total. The molecule has 0 saturated carbocycles. The summed E-state index contributed by atoms with van der Waals surface area (Å²) in [5.74, 6) is 0. The summed E-state index contributed by atoms with van der Waals surface area (Å²) in [4.78, 5) is 0. The summed E-state index contributed by atoms with van der Waals surface area (Å²) < 4.78 is 0. The Kier molecular flexibility index (Phi) is 6.00. The molecule has 2 rings (SSSR count). The fourth-order valence-corrected chi connectivity index (χ4v) is 3.35. The van der Waals surface area contributed by atoms with Gasteiger partial charge in [-0.25, -0.2) is 0 Å². The number of hydrogen-bond acceptors (Lipinski definition) is 1. The standard InChI is InChI=1S/C21H28N2S/c1-15-11-12-19(13-16(15)2)23-20(24)22-17(3)14-21(4,5)18-9-7-6-8-10-18/h6-13,17H,14H2,1-5H3,(H2,22,23,24)/t17-/m0/s1. The van der Waals surface area contributed by atoms with E-state index >= 15 is 0 Å². The Morgan fingerprint density at radius 3 is 2.33 bits per heavy atom. The van der Waals surface area contributed by atoms with Gasteiger partial charge >= 0.3 is 0 Å². The Balaban J connectivity index is 1.92. The van der Waals surface area contributed by atoms with Gasteiger partial charge in [-0.3, -0.25) is 0 Å². The molecule has 0 aliphatic rings. The number of benzene rings is 2. The second-order valence-electron chi connectivity index (χ2n) is 7.25.